The Morgan fingerprint density at radius 3 is 2.32 bits per heavy atom. The van der Waals surface area contributed by atoms with Crippen molar-refractivity contribution in [2.45, 2.75) is 25.7 Å². The maximum absolute atomic E-state index is 6.02. The lowest BCUT2D eigenvalue weighted by atomic mass is 10.2. The maximum atomic E-state index is 6.02. The topological polar surface area (TPSA) is 41.1 Å². The Balaban J connectivity index is 1.78. The lowest BCUT2D eigenvalue weighted by Gasteiger charge is -2.20. The molecule has 1 aliphatic rings. The molecule has 1 N–H and O–H groups in total. The Bertz CT molecular complexity index is 620. The second kappa shape index (κ2) is 7.16. The molecular formula is C16H18Cl2N4. The van der Waals surface area contributed by atoms with Gasteiger partial charge in [0.25, 0.3) is 0 Å². The molecule has 116 valence electrons. The van der Waals surface area contributed by atoms with E-state index in [0.717, 1.165) is 30.5 Å². The largest absolute Gasteiger partial charge is 0.341 e. The van der Waals surface area contributed by atoms with Gasteiger partial charge in [-0.1, -0.05) is 36.0 Å². The van der Waals surface area contributed by atoms with Gasteiger partial charge in [-0.25, -0.2) is 4.98 Å². The van der Waals surface area contributed by atoms with Gasteiger partial charge in [0.15, 0.2) is 0 Å². The van der Waals surface area contributed by atoms with Gasteiger partial charge in [0.05, 0.1) is 0 Å². The average molecular weight is 337 g/mol. The monoisotopic (exact) mass is 336 g/mol. The zero-order chi connectivity index (χ0) is 15.4. The van der Waals surface area contributed by atoms with E-state index in [9.17, 15) is 0 Å². The Labute approximate surface area is 140 Å². The molecule has 1 saturated heterocycles. The summed E-state index contributed by atoms with van der Waals surface area (Å²) in [6.45, 7) is 2.04. The van der Waals surface area contributed by atoms with Gasteiger partial charge in [-0.3, -0.25) is 0 Å². The highest BCUT2D eigenvalue weighted by atomic mass is 35.5. The molecule has 2 aromatic rings. The van der Waals surface area contributed by atoms with Crippen molar-refractivity contribution in [1.82, 2.24) is 9.97 Å². The van der Waals surface area contributed by atoms with Crippen LogP contribution in [0.1, 0.15) is 25.7 Å². The van der Waals surface area contributed by atoms with Gasteiger partial charge in [-0.15, -0.1) is 0 Å². The van der Waals surface area contributed by atoms with Crippen LogP contribution in [0.15, 0.2) is 30.5 Å². The molecule has 1 aromatic carbocycles. The Morgan fingerprint density at radius 1 is 0.955 bits per heavy atom. The van der Waals surface area contributed by atoms with E-state index >= 15 is 0 Å². The lowest BCUT2D eigenvalue weighted by Crippen LogP contribution is -2.26. The fourth-order valence-corrected chi connectivity index (χ4v) is 3.14. The molecule has 1 fully saturated rings. The molecule has 1 aromatic heterocycles. The minimum absolute atomic E-state index is 0.594. The minimum Gasteiger partial charge on any atom is -0.341 e. The number of hydrogen-bond acceptors (Lipinski definition) is 4. The first-order valence-electron chi connectivity index (χ1n) is 7.52. The van der Waals surface area contributed by atoms with Crippen molar-refractivity contribution in [3.63, 3.8) is 0 Å². The molecule has 6 heteroatoms. The van der Waals surface area contributed by atoms with E-state index in [2.05, 4.69) is 20.2 Å². The van der Waals surface area contributed by atoms with E-state index in [0.29, 0.717) is 10.0 Å². The summed E-state index contributed by atoms with van der Waals surface area (Å²) in [6.07, 6.45) is 6.75. The molecule has 22 heavy (non-hydrogen) atoms. The van der Waals surface area contributed by atoms with Crippen molar-refractivity contribution in [3.8, 4) is 0 Å². The van der Waals surface area contributed by atoms with Crippen LogP contribution in [0.5, 0.6) is 0 Å². The number of halogens is 2. The van der Waals surface area contributed by atoms with Crippen LogP contribution < -0.4 is 10.2 Å². The molecule has 4 nitrogen and oxygen atoms in total. The van der Waals surface area contributed by atoms with E-state index in [4.69, 9.17) is 23.2 Å². The van der Waals surface area contributed by atoms with E-state index in [1.165, 1.54) is 25.7 Å². The van der Waals surface area contributed by atoms with Crippen LogP contribution in [0.3, 0.4) is 0 Å². The van der Waals surface area contributed by atoms with Crippen LogP contribution in [0.25, 0.3) is 0 Å². The first-order valence-corrected chi connectivity index (χ1v) is 8.27. The van der Waals surface area contributed by atoms with Gasteiger partial charge in [-0.2, -0.15) is 4.98 Å². The number of nitrogens with zero attached hydrogens (tertiary/aromatic N) is 3. The van der Waals surface area contributed by atoms with Gasteiger partial charge >= 0.3 is 0 Å². The predicted octanol–water partition coefficient (Wildman–Crippen LogP) is 4.91. The molecule has 0 amide bonds. The van der Waals surface area contributed by atoms with Crippen LogP contribution in [-0.2, 0) is 0 Å². The zero-order valence-corrected chi connectivity index (χ0v) is 13.7. The van der Waals surface area contributed by atoms with Gasteiger partial charge in [0.1, 0.15) is 5.82 Å². The van der Waals surface area contributed by atoms with Crippen LogP contribution in [0.4, 0.5) is 17.5 Å². The van der Waals surface area contributed by atoms with Crippen LogP contribution in [0, 0.1) is 0 Å². The molecule has 0 spiro atoms. The normalized spacial score (nSPS) is 15.5. The summed E-state index contributed by atoms with van der Waals surface area (Å²) >= 11 is 12.0. The molecular weight excluding hydrogens is 319 g/mol. The van der Waals surface area contributed by atoms with Crippen LogP contribution in [0.2, 0.25) is 10.0 Å². The van der Waals surface area contributed by atoms with Gasteiger partial charge in [0, 0.05) is 35.0 Å². The Morgan fingerprint density at radius 2 is 1.64 bits per heavy atom. The minimum atomic E-state index is 0.594. The van der Waals surface area contributed by atoms with Crippen LogP contribution >= 0.6 is 23.2 Å². The fourth-order valence-electron chi connectivity index (χ4n) is 2.61. The van der Waals surface area contributed by atoms with Gasteiger partial charge in [0.2, 0.25) is 5.95 Å². The first kappa shape index (κ1) is 15.4. The van der Waals surface area contributed by atoms with Gasteiger partial charge in [-0.05, 0) is 37.1 Å². The van der Waals surface area contributed by atoms with Crippen molar-refractivity contribution >= 4 is 40.7 Å². The molecule has 1 aliphatic heterocycles. The van der Waals surface area contributed by atoms with Crippen molar-refractivity contribution in [1.29, 1.82) is 0 Å². The highest BCUT2D eigenvalue weighted by molar-refractivity contribution is 6.35. The van der Waals surface area contributed by atoms with Crippen molar-refractivity contribution in [2.75, 3.05) is 23.3 Å². The molecule has 2 heterocycles. The van der Waals surface area contributed by atoms with Crippen molar-refractivity contribution < 1.29 is 0 Å². The summed E-state index contributed by atoms with van der Waals surface area (Å²) in [5, 5.41) is 4.42. The summed E-state index contributed by atoms with van der Waals surface area (Å²) < 4.78 is 0. The summed E-state index contributed by atoms with van der Waals surface area (Å²) in [7, 11) is 0. The predicted molar refractivity (Wildman–Crippen MR) is 92.5 cm³/mol. The highest BCUT2D eigenvalue weighted by Crippen LogP contribution is 2.25. The lowest BCUT2D eigenvalue weighted by molar-refractivity contribution is 0.726. The molecule has 3 rings (SSSR count). The average Bonchev–Trinajstić information content (AvgIpc) is 2.75. The smallest absolute Gasteiger partial charge is 0.227 e. The summed E-state index contributed by atoms with van der Waals surface area (Å²) in [6, 6.07) is 7.19. The molecule has 0 radical (unpaired) electrons. The third-order valence-electron chi connectivity index (χ3n) is 3.67. The SMILES string of the molecule is Clc1cc(Cl)cc(Nc2ccnc(N3CCCCCC3)n2)c1. The number of anilines is 3. The van der Waals surface area contributed by atoms with E-state index < -0.39 is 0 Å². The molecule has 0 bridgehead atoms. The third kappa shape index (κ3) is 4.02. The molecule has 0 unspecified atom stereocenters. The number of nitrogens with one attached hydrogen (secondary N) is 1. The van der Waals surface area contributed by atoms with E-state index in [1.807, 2.05) is 18.2 Å². The van der Waals surface area contributed by atoms with Gasteiger partial charge < -0.3 is 10.2 Å². The van der Waals surface area contributed by atoms with Crippen LogP contribution in [-0.4, -0.2) is 23.1 Å². The molecule has 0 atom stereocenters. The zero-order valence-electron chi connectivity index (χ0n) is 12.2. The number of rotatable bonds is 3. The number of aromatic nitrogens is 2. The van der Waals surface area contributed by atoms with Crippen molar-refractivity contribution in [3.05, 3.63) is 40.5 Å². The second-order valence-electron chi connectivity index (χ2n) is 5.43. The Kier molecular flexibility index (Phi) is 5.01. The summed E-state index contributed by atoms with van der Waals surface area (Å²) in [5.74, 6) is 1.52. The maximum Gasteiger partial charge on any atom is 0.227 e. The summed E-state index contributed by atoms with van der Waals surface area (Å²) in [4.78, 5) is 11.3. The molecule has 0 aliphatic carbocycles. The van der Waals surface area contributed by atoms with E-state index in [1.54, 1.807) is 12.3 Å². The summed E-state index contributed by atoms with van der Waals surface area (Å²) in [5.41, 5.74) is 0.818. The number of benzene rings is 1. The standard InChI is InChI=1S/C16H18Cl2N4/c17-12-9-13(18)11-14(10-12)20-15-5-6-19-16(21-15)22-7-3-1-2-4-8-22/h5-6,9-11H,1-4,7-8H2,(H,19,20,21). The third-order valence-corrected chi connectivity index (χ3v) is 4.10. The first-order chi connectivity index (χ1) is 10.7. The molecule has 0 saturated carbocycles. The fraction of sp³-hybridized carbons (Fsp3) is 0.375. The second-order valence-corrected chi connectivity index (χ2v) is 6.30. The Hall–Kier alpha value is -1.52. The van der Waals surface area contributed by atoms with Crippen molar-refractivity contribution in [2.24, 2.45) is 0 Å². The quantitative estimate of drug-likeness (QED) is 0.864. The highest BCUT2D eigenvalue weighted by Gasteiger charge is 2.12. The number of hydrogen-bond donors (Lipinski definition) is 1. The van der Waals surface area contributed by atoms with E-state index in [-0.39, 0.29) is 0 Å².